The molecule has 3 rings (SSSR count). The van der Waals surface area contributed by atoms with Crippen molar-refractivity contribution in [1.82, 2.24) is 9.88 Å². The number of allylic oxidation sites excluding steroid dienone is 4. The maximum Gasteiger partial charge on any atom is 0.119 e. The minimum Gasteiger partial charge on any atom is -0.497 e. The number of rotatable bonds is 3. The van der Waals surface area contributed by atoms with Crippen LogP contribution in [-0.2, 0) is 6.54 Å². The largest absolute Gasteiger partial charge is 0.497 e. The zero-order valence-electron chi connectivity index (χ0n) is 10.8. The van der Waals surface area contributed by atoms with Crippen molar-refractivity contribution in [3.63, 3.8) is 0 Å². The van der Waals surface area contributed by atoms with Crippen molar-refractivity contribution < 1.29 is 4.74 Å². The zero-order valence-corrected chi connectivity index (χ0v) is 10.8. The lowest BCUT2D eigenvalue weighted by atomic mass is 10.1. The molecule has 96 valence electrons. The van der Waals surface area contributed by atoms with Gasteiger partial charge in [0.15, 0.2) is 0 Å². The molecule has 2 aromatic rings. The molecule has 0 bridgehead atoms. The van der Waals surface area contributed by atoms with Gasteiger partial charge < -0.3 is 14.6 Å². The van der Waals surface area contributed by atoms with Crippen molar-refractivity contribution in [2.24, 2.45) is 0 Å². The molecule has 0 atom stereocenters. The standard InChI is InChI=1S/C16H16N2O/c1-19-14-6-7-16-15(10-14)13(11-17-16)12-18-8-4-2-3-5-9-18/h2-11,17H,12H2,1H3. The molecule has 0 fully saturated rings. The fourth-order valence-corrected chi connectivity index (χ4v) is 2.22. The van der Waals surface area contributed by atoms with Crippen LogP contribution >= 0.6 is 0 Å². The van der Waals surface area contributed by atoms with Gasteiger partial charge in [-0.25, -0.2) is 0 Å². The molecule has 0 saturated carbocycles. The molecule has 0 amide bonds. The molecule has 0 radical (unpaired) electrons. The van der Waals surface area contributed by atoms with Gasteiger partial charge in [-0.05, 0) is 35.9 Å². The molecule has 1 aromatic carbocycles. The molecule has 1 N–H and O–H groups in total. The van der Waals surface area contributed by atoms with Crippen LogP contribution in [0.1, 0.15) is 5.56 Å². The molecule has 0 spiro atoms. The number of H-pyrrole nitrogens is 1. The van der Waals surface area contributed by atoms with Crippen molar-refractivity contribution in [2.75, 3.05) is 7.11 Å². The fourth-order valence-electron chi connectivity index (χ4n) is 2.22. The van der Waals surface area contributed by atoms with E-state index in [0.717, 1.165) is 17.8 Å². The second kappa shape index (κ2) is 5.06. The molecule has 2 heterocycles. The van der Waals surface area contributed by atoms with Gasteiger partial charge >= 0.3 is 0 Å². The number of hydrogen-bond acceptors (Lipinski definition) is 2. The van der Waals surface area contributed by atoms with Crippen molar-refractivity contribution in [1.29, 1.82) is 0 Å². The van der Waals surface area contributed by atoms with E-state index in [1.54, 1.807) is 7.11 Å². The molecular weight excluding hydrogens is 236 g/mol. The van der Waals surface area contributed by atoms with Gasteiger partial charge in [0.05, 0.1) is 7.11 Å². The summed E-state index contributed by atoms with van der Waals surface area (Å²) < 4.78 is 5.29. The number of nitrogens with one attached hydrogen (secondary N) is 1. The van der Waals surface area contributed by atoms with Crippen LogP contribution in [-0.4, -0.2) is 17.0 Å². The molecule has 1 aromatic heterocycles. The van der Waals surface area contributed by atoms with E-state index in [4.69, 9.17) is 4.74 Å². The van der Waals surface area contributed by atoms with Crippen LogP contribution in [0.25, 0.3) is 10.9 Å². The van der Waals surface area contributed by atoms with Crippen LogP contribution in [0.15, 0.2) is 61.1 Å². The van der Waals surface area contributed by atoms with Crippen LogP contribution in [0.3, 0.4) is 0 Å². The number of fused-ring (bicyclic) bond motifs is 1. The lowest BCUT2D eigenvalue weighted by Crippen LogP contribution is -2.07. The third-order valence-corrected chi connectivity index (χ3v) is 3.22. The first-order chi connectivity index (χ1) is 9.36. The topological polar surface area (TPSA) is 28.3 Å². The van der Waals surface area contributed by atoms with Crippen molar-refractivity contribution in [3.8, 4) is 5.75 Å². The maximum atomic E-state index is 5.29. The Hall–Kier alpha value is -2.42. The highest BCUT2D eigenvalue weighted by molar-refractivity contribution is 5.84. The Morgan fingerprint density at radius 1 is 1.11 bits per heavy atom. The molecule has 0 unspecified atom stereocenters. The van der Waals surface area contributed by atoms with Crippen molar-refractivity contribution >= 4 is 10.9 Å². The normalized spacial score (nSPS) is 14.1. The van der Waals surface area contributed by atoms with Crippen LogP contribution in [0.4, 0.5) is 0 Å². The minimum absolute atomic E-state index is 0.835. The Labute approximate surface area is 112 Å². The van der Waals surface area contributed by atoms with E-state index in [9.17, 15) is 0 Å². The summed E-state index contributed by atoms with van der Waals surface area (Å²) in [6.45, 7) is 0.835. The molecule has 19 heavy (non-hydrogen) atoms. The monoisotopic (exact) mass is 252 g/mol. The lowest BCUT2D eigenvalue weighted by molar-refractivity contribution is 0.415. The first kappa shape index (κ1) is 11.7. The highest BCUT2D eigenvalue weighted by Gasteiger charge is 2.07. The maximum absolute atomic E-state index is 5.29. The van der Waals surface area contributed by atoms with Gasteiger partial charge in [0.1, 0.15) is 5.75 Å². The fraction of sp³-hybridized carbons (Fsp3) is 0.125. The Morgan fingerprint density at radius 2 is 1.89 bits per heavy atom. The van der Waals surface area contributed by atoms with Gasteiger partial charge in [0, 0.05) is 36.0 Å². The number of ether oxygens (including phenoxy) is 1. The van der Waals surface area contributed by atoms with Gasteiger partial charge in [-0.3, -0.25) is 0 Å². The smallest absolute Gasteiger partial charge is 0.119 e. The quantitative estimate of drug-likeness (QED) is 0.904. The Balaban J connectivity index is 1.92. The predicted molar refractivity (Wildman–Crippen MR) is 77.8 cm³/mol. The molecule has 1 aliphatic rings. The summed E-state index contributed by atoms with van der Waals surface area (Å²) in [5.41, 5.74) is 2.39. The number of methoxy groups -OCH3 is 1. The SMILES string of the molecule is COc1ccc2[nH]cc(CN3C=CC=CC=C3)c2c1. The number of benzene rings is 1. The second-order valence-electron chi connectivity index (χ2n) is 4.47. The van der Waals surface area contributed by atoms with Crippen LogP contribution < -0.4 is 4.74 Å². The number of aromatic amines is 1. The van der Waals surface area contributed by atoms with Gasteiger partial charge in [-0.15, -0.1) is 0 Å². The minimum atomic E-state index is 0.835. The van der Waals surface area contributed by atoms with E-state index >= 15 is 0 Å². The summed E-state index contributed by atoms with van der Waals surface area (Å²) in [6.07, 6.45) is 14.3. The summed E-state index contributed by atoms with van der Waals surface area (Å²) in [6, 6.07) is 6.09. The summed E-state index contributed by atoms with van der Waals surface area (Å²) in [5.74, 6) is 0.886. The van der Waals surface area contributed by atoms with Gasteiger partial charge in [0.2, 0.25) is 0 Å². The van der Waals surface area contributed by atoms with E-state index < -0.39 is 0 Å². The van der Waals surface area contributed by atoms with Gasteiger partial charge in [0.25, 0.3) is 0 Å². The molecule has 3 heteroatoms. The summed E-state index contributed by atoms with van der Waals surface area (Å²) in [4.78, 5) is 5.45. The highest BCUT2D eigenvalue weighted by Crippen LogP contribution is 2.24. The number of nitrogens with zero attached hydrogens (tertiary/aromatic N) is 1. The van der Waals surface area contributed by atoms with Crippen molar-refractivity contribution in [3.05, 3.63) is 66.7 Å². The molecule has 1 aliphatic heterocycles. The zero-order chi connectivity index (χ0) is 13.1. The van der Waals surface area contributed by atoms with E-state index in [0.29, 0.717) is 0 Å². The van der Waals surface area contributed by atoms with Gasteiger partial charge in [-0.1, -0.05) is 12.2 Å². The third-order valence-electron chi connectivity index (χ3n) is 3.22. The van der Waals surface area contributed by atoms with E-state index in [1.165, 1.54) is 10.9 Å². The average Bonchev–Trinajstić information content (AvgIpc) is 2.66. The third kappa shape index (κ3) is 2.40. The van der Waals surface area contributed by atoms with Gasteiger partial charge in [-0.2, -0.15) is 0 Å². The Kier molecular flexibility index (Phi) is 3.11. The Bertz CT molecular complexity index is 648. The molecule has 3 nitrogen and oxygen atoms in total. The average molecular weight is 252 g/mol. The molecule has 0 aliphatic carbocycles. The summed E-state index contributed by atoms with van der Waals surface area (Å²) >= 11 is 0. The van der Waals surface area contributed by atoms with Crippen LogP contribution in [0.2, 0.25) is 0 Å². The number of aromatic nitrogens is 1. The van der Waals surface area contributed by atoms with E-state index in [-0.39, 0.29) is 0 Å². The predicted octanol–water partition coefficient (Wildman–Crippen LogP) is 3.58. The highest BCUT2D eigenvalue weighted by atomic mass is 16.5. The van der Waals surface area contributed by atoms with Crippen LogP contribution in [0.5, 0.6) is 5.75 Å². The first-order valence-electron chi connectivity index (χ1n) is 6.28. The molecule has 0 saturated heterocycles. The number of hydrogen-bond donors (Lipinski definition) is 1. The van der Waals surface area contributed by atoms with Crippen molar-refractivity contribution in [2.45, 2.75) is 6.54 Å². The van der Waals surface area contributed by atoms with Crippen LogP contribution in [0, 0.1) is 0 Å². The van der Waals surface area contributed by atoms with E-state index in [2.05, 4.69) is 34.5 Å². The van der Waals surface area contributed by atoms with E-state index in [1.807, 2.05) is 36.4 Å². The summed E-state index contributed by atoms with van der Waals surface area (Å²) in [7, 11) is 1.69. The first-order valence-corrected chi connectivity index (χ1v) is 6.28. The molecular formula is C16H16N2O. The summed E-state index contributed by atoms with van der Waals surface area (Å²) in [5, 5.41) is 1.21. The Morgan fingerprint density at radius 3 is 2.63 bits per heavy atom. The second-order valence-corrected chi connectivity index (χ2v) is 4.47. The lowest BCUT2D eigenvalue weighted by Gasteiger charge is -2.14.